The van der Waals surface area contributed by atoms with Crippen LogP contribution in [0, 0.1) is 0 Å². The number of rotatable bonds is 13. The van der Waals surface area contributed by atoms with Crippen molar-refractivity contribution in [2.75, 3.05) is 64.2 Å². The number of fused-ring (bicyclic) bond motifs is 1. The molecule has 0 unspecified atom stereocenters. The molecule has 1 aliphatic carbocycles. The van der Waals surface area contributed by atoms with E-state index in [2.05, 4.69) is 25.5 Å². The van der Waals surface area contributed by atoms with E-state index in [1.54, 1.807) is 57.0 Å². The third-order valence-corrected chi connectivity index (χ3v) is 12.7. The van der Waals surface area contributed by atoms with E-state index < -0.39 is 25.5 Å². The zero-order valence-electron chi connectivity index (χ0n) is 31.9. The standard InChI is InChI=1S/C38H49F3N7O6P/c1-6-53-55(51,54-7-2)23-25-8-14-31(33(20-25)52-5)44-37-42-21-30(38(39,40)41)35(45-37)43-32-15-13-28(29-22-46(4)36(50)34(29)32)26-9-11-27(12-10-26)48-18-16-47(17-19-48)24(3)49/h8,13-15,20-21,26-27,51H,6-7,9-12,16-19,22-23H2,1-5H3,(H-,42,43,44,45,50)/p+1. The summed E-state index contributed by atoms with van der Waals surface area (Å²) in [5.74, 6) is -0.256. The number of ether oxygens (including phenoxy) is 1. The van der Waals surface area contributed by atoms with Crippen molar-refractivity contribution in [2.45, 2.75) is 77.3 Å². The number of benzene rings is 2. The summed E-state index contributed by atoms with van der Waals surface area (Å²) >= 11 is 0. The van der Waals surface area contributed by atoms with Crippen molar-refractivity contribution >= 4 is 42.9 Å². The van der Waals surface area contributed by atoms with Gasteiger partial charge in [0.2, 0.25) is 11.9 Å². The SMILES string of the molecule is CCO[P+](O)(Cc1ccc(Nc2ncc(C(F)(F)F)c(Nc3ccc(C4CCC(N5CCN(C(C)=O)CC5)CC4)c4c3C(=O)N(C)C4)n2)c(OC)c1)OCC. The summed E-state index contributed by atoms with van der Waals surface area (Å²) in [6.45, 7) is 9.24. The number of hydrogen-bond donors (Lipinski definition) is 3. The number of nitrogens with one attached hydrogen (secondary N) is 2. The quantitative estimate of drug-likeness (QED) is 0.153. The number of alkyl halides is 3. The highest BCUT2D eigenvalue weighted by Crippen LogP contribution is 2.60. The summed E-state index contributed by atoms with van der Waals surface area (Å²) < 4.78 is 59.7. The van der Waals surface area contributed by atoms with Crippen LogP contribution in [0.2, 0.25) is 0 Å². The number of amides is 2. The van der Waals surface area contributed by atoms with E-state index >= 15 is 0 Å². The zero-order chi connectivity index (χ0) is 39.5. The highest BCUT2D eigenvalue weighted by molar-refractivity contribution is 7.59. The van der Waals surface area contributed by atoms with Crippen LogP contribution in [0.25, 0.3) is 0 Å². The van der Waals surface area contributed by atoms with Gasteiger partial charge in [0.25, 0.3) is 5.91 Å². The molecule has 0 bridgehead atoms. The van der Waals surface area contributed by atoms with E-state index in [4.69, 9.17) is 13.8 Å². The van der Waals surface area contributed by atoms with Crippen molar-refractivity contribution < 1.29 is 41.4 Å². The van der Waals surface area contributed by atoms with Gasteiger partial charge in [-0.15, -0.1) is 0 Å². The molecule has 6 rings (SSSR count). The molecule has 3 heterocycles. The summed E-state index contributed by atoms with van der Waals surface area (Å²) in [5, 5.41) is 5.82. The first-order valence-electron chi connectivity index (χ1n) is 18.7. The van der Waals surface area contributed by atoms with Gasteiger partial charge < -0.3 is 25.2 Å². The second kappa shape index (κ2) is 17.0. The molecule has 17 heteroatoms. The van der Waals surface area contributed by atoms with Crippen LogP contribution in [0.3, 0.4) is 0 Å². The van der Waals surface area contributed by atoms with E-state index in [0.717, 1.165) is 63.0 Å². The minimum absolute atomic E-state index is 0.106. The van der Waals surface area contributed by atoms with Gasteiger partial charge in [-0.1, -0.05) is 12.1 Å². The first-order valence-corrected chi connectivity index (χ1v) is 20.5. The van der Waals surface area contributed by atoms with E-state index in [1.807, 2.05) is 11.0 Å². The molecule has 1 saturated heterocycles. The van der Waals surface area contributed by atoms with Crippen LogP contribution in [0.1, 0.15) is 85.0 Å². The lowest BCUT2D eigenvalue weighted by Crippen LogP contribution is -2.52. The maximum atomic E-state index is 14.4. The number of carbonyl (C=O) groups is 2. The number of methoxy groups -OCH3 is 1. The lowest BCUT2D eigenvalue weighted by molar-refractivity contribution is -0.137. The largest absolute Gasteiger partial charge is 0.495 e. The van der Waals surface area contributed by atoms with Crippen LogP contribution in [0.5, 0.6) is 5.75 Å². The maximum Gasteiger partial charge on any atom is 0.421 e. The number of halogens is 3. The van der Waals surface area contributed by atoms with Gasteiger partial charge in [0.1, 0.15) is 17.1 Å². The predicted octanol–water partition coefficient (Wildman–Crippen LogP) is 7.10. The first kappa shape index (κ1) is 40.6. The molecule has 0 atom stereocenters. The average molecular weight is 789 g/mol. The number of aromatic nitrogens is 2. The van der Waals surface area contributed by atoms with Gasteiger partial charge >= 0.3 is 14.1 Å². The Labute approximate surface area is 320 Å². The molecular weight excluding hydrogens is 738 g/mol. The van der Waals surface area contributed by atoms with Crippen molar-refractivity contribution in [1.82, 2.24) is 24.7 Å². The van der Waals surface area contributed by atoms with Crippen LogP contribution in [0.4, 0.5) is 36.3 Å². The van der Waals surface area contributed by atoms with Gasteiger partial charge in [0.15, 0.2) is 6.16 Å². The van der Waals surface area contributed by atoms with Crippen LogP contribution in [0.15, 0.2) is 36.5 Å². The van der Waals surface area contributed by atoms with Crippen LogP contribution in [-0.2, 0) is 32.7 Å². The van der Waals surface area contributed by atoms with Gasteiger partial charge in [-0.3, -0.25) is 14.5 Å². The second-order valence-electron chi connectivity index (χ2n) is 14.1. The summed E-state index contributed by atoms with van der Waals surface area (Å²) in [6, 6.07) is 9.09. The Morgan fingerprint density at radius 3 is 2.29 bits per heavy atom. The second-order valence-corrected chi connectivity index (χ2v) is 16.2. The molecule has 55 heavy (non-hydrogen) atoms. The molecule has 3 N–H and O–H groups in total. The van der Waals surface area contributed by atoms with E-state index in [0.29, 0.717) is 41.3 Å². The Balaban J connectivity index is 1.23. The van der Waals surface area contributed by atoms with Gasteiger partial charge in [0, 0.05) is 64.5 Å². The van der Waals surface area contributed by atoms with Crippen molar-refractivity contribution in [3.8, 4) is 5.75 Å². The van der Waals surface area contributed by atoms with Gasteiger partial charge in [-0.05, 0) is 74.8 Å². The van der Waals surface area contributed by atoms with Crippen molar-refractivity contribution in [1.29, 1.82) is 0 Å². The summed E-state index contributed by atoms with van der Waals surface area (Å²) in [4.78, 5) is 50.4. The molecular formula is C38H50F3N7O6P+. The summed E-state index contributed by atoms with van der Waals surface area (Å²) in [7, 11) is -0.0224. The molecule has 2 aliphatic heterocycles. The number of piperazine rings is 1. The summed E-state index contributed by atoms with van der Waals surface area (Å²) in [5.41, 5.74) is 2.42. The number of carbonyl (C=O) groups excluding carboxylic acids is 2. The topological polar surface area (TPSA) is 142 Å². The molecule has 0 radical (unpaired) electrons. The fraction of sp³-hybridized carbons (Fsp3) is 0.526. The Hall–Kier alpha value is -4.08. The minimum Gasteiger partial charge on any atom is -0.495 e. The molecule has 3 aromatic rings. The number of hydrogen-bond acceptors (Lipinski definition) is 11. The zero-order valence-corrected chi connectivity index (χ0v) is 32.8. The Bertz CT molecular complexity index is 1860. The van der Waals surface area contributed by atoms with Crippen molar-refractivity contribution in [3.05, 3.63) is 64.3 Å². The van der Waals surface area contributed by atoms with Crippen LogP contribution < -0.4 is 15.4 Å². The lowest BCUT2D eigenvalue weighted by Gasteiger charge is -2.42. The highest BCUT2D eigenvalue weighted by Gasteiger charge is 2.41. The third kappa shape index (κ3) is 9.15. The molecule has 1 aromatic heterocycles. The third-order valence-electron chi connectivity index (χ3n) is 10.6. The van der Waals surface area contributed by atoms with Crippen molar-refractivity contribution in [3.63, 3.8) is 0 Å². The molecule has 2 amide bonds. The predicted molar refractivity (Wildman–Crippen MR) is 204 cm³/mol. The van der Waals surface area contributed by atoms with E-state index in [-0.39, 0.29) is 48.7 Å². The molecule has 0 spiro atoms. The monoisotopic (exact) mass is 788 g/mol. The van der Waals surface area contributed by atoms with E-state index in [9.17, 15) is 27.7 Å². The van der Waals surface area contributed by atoms with E-state index in [1.165, 1.54) is 7.11 Å². The smallest absolute Gasteiger partial charge is 0.421 e. The van der Waals surface area contributed by atoms with Gasteiger partial charge in [0.05, 0.1) is 37.3 Å². The van der Waals surface area contributed by atoms with Gasteiger partial charge in [-0.2, -0.15) is 32.1 Å². The Morgan fingerprint density at radius 2 is 1.67 bits per heavy atom. The summed E-state index contributed by atoms with van der Waals surface area (Å²) in [6.07, 6.45) is -0.134. The van der Waals surface area contributed by atoms with Crippen molar-refractivity contribution in [2.24, 2.45) is 0 Å². The molecule has 2 aromatic carbocycles. The van der Waals surface area contributed by atoms with Crippen LogP contribution >= 0.6 is 7.94 Å². The fourth-order valence-electron chi connectivity index (χ4n) is 7.91. The molecule has 3 aliphatic rings. The molecule has 13 nitrogen and oxygen atoms in total. The first-order chi connectivity index (χ1) is 26.2. The highest BCUT2D eigenvalue weighted by atomic mass is 31.2. The molecule has 298 valence electrons. The molecule has 2 fully saturated rings. The maximum absolute atomic E-state index is 14.4. The number of nitrogens with zero attached hydrogens (tertiary/aromatic N) is 5. The average Bonchev–Trinajstić information content (AvgIpc) is 3.45. The molecule has 1 saturated carbocycles. The normalized spacial score (nSPS) is 19.4. The Morgan fingerprint density at radius 1 is 1.00 bits per heavy atom. The number of anilines is 4. The Kier molecular flexibility index (Phi) is 12.5. The van der Waals surface area contributed by atoms with Crippen LogP contribution in [-0.4, -0.2) is 101 Å². The van der Waals surface area contributed by atoms with Gasteiger partial charge in [-0.25, -0.2) is 4.98 Å². The lowest BCUT2D eigenvalue weighted by atomic mass is 9.78. The fourth-order valence-corrected chi connectivity index (χ4v) is 9.63. The minimum atomic E-state index is -4.79.